The number of aromatic carboxylic acids is 1. The fourth-order valence-corrected chi connectivity index (χ4v) is 3.99. The van der Waals surface area contributed by atoms with E-state index in [1.807, 2.05) is 4.90 Å². The molecule has 7 nitrogen and oxygen atoms in total. The number of nitrogens with two attached hydrogens (primary N) is 1. The third-order valence-electron chi connectivity index (χ3n) is 5.43. The highest BCUT2D eigenvalue weighted by molar-refractivity contribution is 5.89. The Morgan fingerprint density at radius 2 is 2.12 bits per heavy atom. The molecule has 3 heterocycles. The Morgan fingerprint density at radius 1 is 1.38 bits per heavy atom. The van der Waals surface area contributed by atoms with Crippen LogP contribution in [0.25, 0.3) is 5.52 Å². The largest absolute Gasteiger partial charge is 0.477 e. The van der Waals surface area contributed by atoms with Gasteiger partial charge in [0, 0.05) is 19.1 Å². The number of rotatable bonds is 4. The van der Waals surface area contributed by atoms with E-state index in [2.05, 4.69) is 5.43 Å². The molecule has 4 N–H and O–H groups in total. The van der Waals surface area contributed by atoms with E-state index in [1.54, 1.807) is 6.92 Å². The summed E-state index contributed by atoms with van der Waals surface area (Å²) >= 11 is 0. The predicted octanol–water partition coefficient (Wildman–Crippen LogP) is 1.36. The quantitative estimate of drug-likeness (QED) is 0.562. The van der Waals surface area contributed by atoms with Crippen molar-refractivity contribution in [3.8, 4) is 0 Å². The van der Waals surface area contributed by atoms with Gasteiger partial charge in [0.25, 0.3) is 5.56 Å². The van der Waals surface area contributed by atoms with E-state index in [-0.39, 0.29) is 17.5 Å². The zero-order chi connectivity index (χ0) is 18.6. The lowest BCUT2D eigenvalue weighted by molar-refractivity contribution is 0.0694. The van der Waals surface area contributed by atoms with Crippen molar-refractivity contribution >= 4 is 17.2 Å². The summed E-state index contributed by atoms with van der Waals surface area (Å²) in [7, 11) is 0. The maximum absolute atomic E-state index is 14.9. The minimum Gasteiger partial charge on any atom is -0.477 e. The van der Waals surface area contributed by atoms with Crippen LogP contribution in [0.2, 0.25) is 0 Å². The molecule has 0 aromatic carbocycles. The Balaban J connectivity index is 1.97. The Labute approximate surface area is 149 Å². The normalized spacial score (nSPS) is 20.1. The van der Waals surface area contributed by atoms with E-state index in [4.69, 9.17) is 5.84 Å². The summed E-state index contributed by atoms with van der Waals surface area (Å²) in [6, 6.07) is 1.56. The Bertz CT molecular complexity index is 967. The molecule has 8 heteroatoms. The fraction of sp³-hybridized carbons (Fsp3) is 0.444. The first-order valence-electron chi connectivity index (χ1n) is 8.75. The molecular formula is C18H21FN4O3. The second-order valence-corrected chi connectivity index (χ2v) is 7.17. The molecule has 1 saturated carbocycles. The van der Waals surface area contributed by atoms with Gasteiger partial charge in [-0.1, -0.05) is 0 Å². The van der Waals surface area contributed by atoms with Crippen molar-refractivity contribution in [2.24, 2.45) is 5.84 Å². The molecule has 2 fully saturated rings. The number of fused-ring (bicyclic) bond motifs is 1. The standard InChI is InChI=1S/C18H21FN4O3/c1-9-15-12(10-2-3-10)6-13(18(25)26)17(24)23(15)8-14(19)16(9)22-5-4-11(7-22)21-20/h6,8,10-11,21H,2-5,7,20H2,1H3,(H,25,26). The second kappa shape index (κ2) is 6.07. The molecule has 2 aromatic heterocycles. The number of hydrazine groups is 1. The number of aryl methyl sites for hydroxylation is 1. The van der Waals surface area contributed by atoms with Gasteiger partial charge in [-0.05, 0) is 49.3 Å². The molecule has 2 aliphatic rings. The van der Waals surface area contributed by atoms with Crippen LogP contribution in [0.5, 0.6) is 0 Å². The Kier molecular flexibility index (Phi) is 3.96. The number of nitrogens with one attached hydrogen (secondary N) is 1. The lowest BCUT2D eigenvalue weighted by Crippen LogP contribution is -2.37. The molecule has 4 rings (SSSR count). The van der Waals surface area contributed by atoms with E-state index in [0.717, 1.165) is 31.0 Å². The van der Waals surface area contributed by atoms with Gasteiger partial charge in [0.15, 0.2) is 5.82 Å². The number of carboxylic acids is 1. The van der Waals surface area contributed by atoms with Gasteiger partial charge in [-0.2, -0.15) is 0 Å². The van der Waals surface area contributed by atoms with E-state index >= 15 is 0 Å². The summed E-state index contributed by atoms with van der Waals surface area (Å²) in [6.07, 6.45) is 3.83. The summed E-state index contributed by atoms with van der Waals surface area (Å²) < 4.78 is 16.1. The zero-order valence-corrected chi connectivity index (χ0v) is 14.5. The van der Waals surface area contributed by atoms with Crippen molar-refractivity contribution in [1.29, 1.82) is 0 Å². The third-order valence-corrected chi connectivity index (χ3v) is 5.43. The van der Waals surface area contributed by atoms with Crippen LogP contribution in [-0.2, 0) is 0 Å². The van der Waals surface area contributed by atoms with E-state index in [9.17, 15) is 19.1 Å². The van der Waals surface area contributed by atoms with Gasteiger partial charge >= 0.3 is 5.97 Å². The van der Waals surface area contributed by atoms with Crippen LogP contribution in [0, 0.1) is 12.7 Å². The highest BCUT2D eigenvalue weighted by Crippen LogP contribution is 2.44. The molecule has 0 bridgehead atoms. The van der Waals surface area contributed by atoms with Gasteiger partial charge in [0.05, 0.1) is 17.4 Å². The fourth-order valence-electron chi connectivity index (χ4n) is 3.99. The number of pyridine rings is 2. The summed E-state index contributed by atoms with van der Waals surface area (Å²) in [5.41, 5.74) is 4.28. The summed E-state index contributed by atoms with van der Waals surface area (Å²) in [4.78, 5) is 25.9. The number of aromatic nitrogens is 1. The molecule has 1 aliphatic carbocycles. The Hall–Kier alpha value is -2.45. The minimum absolute atomic E-state index is 0.0875. The SMILES string of the molecule is Cc1c(N2CCC(NN)C2)c(F)cn2c(=O)c(C(=O)O)cc(C3CC3)c12. The molecule has 0 spiro atoms. The van der Waals surface area contributed by atoms with Crippen LogP contribution < -0.4 is 21.7 Å². The van der Waals surface area contributed by atoms with E-state index in [1.165, 1.54) is 10.5 Å². The molecule has 1 atom stereocenters. The average molecular weight is 360 g/mol. The second-order valence-electron chi connectivity index (χ2n) is 7.17. The van der Waals surface area contributed by atoms with Gasteiger partial charge in [-0.3, -0.25) is 20.5 Å². The number of hydrogen-bond acceptors (Lipinski definition) is 5. The van der Waals surface area contributed by atoms with E-state index in [0.29, 0.717) is 29.9 Å². The summed E-state index contributed by atoms with van der Waals surface area (Å²) in [6.45, 7) is 3.04. The maximum Gasteiger partial charge on any atom is 0.341 e. The van der Waals surface area contributed by atoms with Crippen molar-refractivity contribution in [1.82, 2.24) is 9.83 Å². The number of carboxylic acid groups (broad SMARTS) is 1. The number of nitrogens with zero attached hydrogens (tertiary/aromatic N) is 2. The number of anilines is 1. The van der Waals surface area contributed by atoms with Crippen LogP contribution in [0.3, 0.4) is 0 Å². The molecule has 0 radical (unpaired) electrons. The van der Waals surface area contributed by atoms with Crippen LogP contribution >= 0.6 is 0 Å². The lowest BCUT2D eigenvalue weighted by Gasteiger charge is -2.24. The Morgan fingerprint density at radius 3 is 2.69 bits per heavy atom. The number of halogens is 1. The first-order chi connectivity index (χ1) is 12.4. The molecule has 26 heavy (non-hydrogen) atoms. The van der Waals surface area contributed by atoms with Crippen molar-refractivity contribution in [2.45, 2.75) is 38.1 Å². The van der Waals surface area contributed by atoms with E-state index < -0.39 is 17.3 Å². The van der Waals surface area contributed by atoms with Gasteiger partial charge < -0.3 is 10.0 Å². The van der Waals surface area contributed by atoms with Crippen LogP contribution in [0.1, 0.15) is 46.7 Å². The maximum atomic E-state index is 14.9. The highest BCUT2D eigenvalue weighted by atomic mass is 19.1. The first kappa shape index (κ1) is 17.0. The average Bonchev–Trinajstić information content (AvgIpc) is 3.33. The van der Waals surface area contributed by atoms with Crippen LogP contribution in [-0.4, -0.2) is 34.6 Å². The molecule has 0 amide bonds. The molecular weight excluding hydrogens is 339 g/mol. The van der Waals surface area contributed by atoms with Crippen LogP contribution in [0.15, 0.2) is 17.1 Å². The van der Waals surface area contributed by atoms with Crippen molar-refractivity contribution in [2.75, 3.05) is 18.0 Å². The van der Waals surface area contributed by atoms with Crippen molar-refractivity contribution in [3.63, 3.8) is 0 Å². The summed E-state index contributed by atoms with van der Waals surface area (Å²) in [5.74, 6) is 3.91. The van der Waals surface area contributed by atoms with Crippen molar-refractivity contribution in [3.05, 3.63) is 45.1 Å². The molecule has 138 valence electrons. The highest BCUT2D eigenvalue weighted by Gasteiger charge is 2.32. The minimum atomic E-state index is -1.29. The van der Waals surface area contributed by atoms with Gasteiger partial charge in [-0.25, -0.2) is 9.18 Å². The zero-order valence-electron chi connectivity index (χ0n) is 14.5. The van der Waals surface area contributed by atoms with Crippen molar-refractivity contribution < 1.29 is 14.3 Å². The van der Waals surface area contributed by atoms with Gasteiger partial charge in [-0.15, -0.1) is 0 Å². The summed E-state index contributed by atoms with van der Waals surface area (Å²) in [5, 5.41) is 9.34. The molecule has 1 unspecified atom stereocenters. The molecule has 1 aliphatic heterocycles. The monoisotopic (exact) mass is 360 g/mol. The van der Waals surface area contributed by atoms with Gasteiger partial charge in [0.2, 0.25) is 0 Å². The topological polar surface area (TPSA) is 100 Å². The first-order valence-corrected chi connectivity index (χ1v) is 8.75. The predicted molar refractivity (Wildman–Crippen MR) is 95.2 cm³/mol. The smallest absolute Gasteiger partial charge is 0.341 e. The molecule has 1 saturated heterocycles. The molecule has 2 aromatic rings. The number of carbonyl (C=O) groups is 1. The lowest BCUT2D eigenvalue weighted by atomic mass is 10.0. The number of hydrogen-bond donors (Lipinski definition) is 3. The van der Waals surface area contributed by atoms with Gasteiger partial charge in [0.1, 0.15) is 5.56 Å². The van der Waals surface area contributed by atoms with Crippen LogP contribution in [0.4, 0.5) is 10.1 Å². The third kappa shape index (κ3) is 2.57.